The number of hydrogen-bond donors (Lipinski definition) is 2. The molecule has 0 spiro atoms. The Balaban J connectivity index is 0.00000320. The average Bonchev–Trinajstić information content (AvgIpc) is 3.18. The number of morpholine rings is 1. The fraction of sp³-hybridized carbons (Fsp3) is 0.545. The Morgan fingerprint density at radius 1 is 1.10 bits per heavy atom. The summed E-state index contributed by atoms with van der Waals surface area (Å²) in [6, 6.07) is 8.50. The van der Waals surface area contributed by atoms with Gasteiger partial charge in [-0.3, -0.25) is 0 Å². The van der Waals surface area contributed by atoms with E-state index in [-0.39, 0.29) is 24.0 Å². The number of ether oxygens (including phenoxy) is 1. The zero-order valence-corrected chi connectivity index (χ0v) is 20.6. The molecular weight excluding hydrogens is 493 g/mol. The Bertz CT molecular complexity index is 781. The van der Waals surface area contributed by atoms with Crippen LogP contribution in [0.3, 0.4) is 0 Å². The van der Waals surface area contributed by atoms with Gasteiger partial charge in [-0.1, -0.05) is 37.2 Å². The molecule has 0 bridgehead atoms. The SMILES string of the molecule is CCNC(=NCc1ccccc1N1CCOCC1)NCc1c(CC)noc1CC.I. The van der Waals surface area contributed by atoms with E-state index >= 15 is 0 Å². The molecule has 30 heavy (non-hydrogen) atoms. The average molecular weight is 527 g/mol. The van der Waals surface area contributed by atoms with E-state index in [1.807, 2.05) is 0 Å². The third-order valence-electron chi connectivity index (χ3n) is 5.13. The molecule has 1 aromatic heterocycles. The first-order valence-corrected chi connectivity index (χ1v) is 10.7. The van der Waals surface area contributed by atoms with Crippen molar-refractivity contribution in [1.82, 2.24) is 15.8 Å². The number of aliphatic imine (C=N–C) groups is 1. The van der Waals surface area contributed by atoms with Crippen LogP contribution in [0.1, 0.15) is 43.4 Å². The number of aromatic nitrogens is 1. The molecule has 7 nitrogen and oxygen atoms in total. The summed E-state index contributed by atoms with van der Waals surface area (Å²) < 4.78 is 11.0. The molecule has 3 rings (SSSR count). The lowest BCUT2D eigenvalue weighted by molar-refractivity contribution is 0.122. The first-order valence-electron chi connectivity index (χ1n) is 10.7. The maximum absolute atomic E-state index is 5.49. The second-order valence-corrected chi connectivity index (χ2v) is 7.01. The normalized spacial score (nSPS) is 14.4. The molecular formula is C22H34IN5O2. The maximum Gasteiger partial charge on any atom is 0.191 e. The minimum absolute atomic E-state index is 0. The molecule has 1 aliphatic heterocycles. The molecule has 8 heteroatoms. The number of anilines is 1. The van der Waals surface area contributed by atoms with E-state index in [0.29, 0.717) is 13.1 Å². The summed E-state index contributed by atoms with van der Waals surface area (Å²) in [6.07, 6.45) is 1.70. The third-order valence-corrected chi connectivity index (χ3v) is 5.13. The van der Waals surface area contributed by atoms with Crippen molar-refractivity contribution in [3.63, 3.8) is 0 Å². The predicted molar refractivity (Wildman–Crippen MR) is 132 cm³/mol. The molecule has 166 valence electrons. The minimum Gasteiger partial charge on any atom is -0.378 e. The van der Waals surface area contributed by atoms with Gasteiger partial charge in [0.05, 0.1) is 25.5 Å². The van der Waals surface area contributed by atoms with Gasteiger partial charge in [-0.25, -0.2) is 4.99 Å². The number of benzene rings is 1. The Hall–Kier alpha value is -1.81. The number of halogens is 1. The van der Waals surface area contributed by atoms with Gasteiger partial charge in [-0.15, -0.1) is 24.0 Å². The Morgan fingerprint density at radius 3 is 2.57 bits per heavy atom. The molecule has 2 aromatic rings. The summed E-state index contributed by atoms with van der Waals surface area (Å²) in [5.74, 6) is 1.75. The highest BCUT2D eigenvalue weighted by Gasteiger charge is 2.15. The van der Waals surface area contributed by atoms with E-state index < -0.39 is 0 Å². The number of hydrogen-bond acceptors (Lipinski definition) is 5. The van der Waals surface area contributed by atoms with Crippen molar-refractivity contribution in [1.29, 1.82) is 0 Å². The van der Waals surface area contributed by atoms with Gasteiger partial charge in [0, 0.05) is 43.9 Å². The van der Waals surface area contributed by atoms with Crippen molar-refractivity contribution >= 4 is 35.6 Å². The molecule has 0 unspecified atom stereocenters. The van der Waals surface area contributed by atoms with Gasteiger partial charge in [-0.2, -0.15) is 0 Å². The molecule has 0 atom stereocenters. The van der Waals surface area contributed by atoms with Crippen molar-refractivity contribution < 1.29 is 9.26 Å². The van der Waals surface area contributed by atoms with Gasteiger partial charge >= 0.3 is 0 Å². The minimum atomic E-state index is 0. The lowest BCUT2D eigenvalue weighted by atomic mass is 10.1. The maximum atomic E-state index is 5.49. The quantitative estimate of drug-likeness (QED) is 0.311. The van der Waals surface area contributed by atoms with Crippen LogP contribution in [-0.4, -0.2) is 44.0 Å². The van der Waals surface area contributed by atoms with Crippen LogP contribution in [0.5, 0.6) is 0 Å². The molecule has 1 fully saturated rings. The van der Waals surface area contributed by atoms with Crippen LogP contribution in [0.4, 0.5) is 5.69 Å². The highest BCUT2D eigenvalue weighted by atomic mass is 127. The summed E-state index contributed by atoms with van der Waals surface area (Å²) in [4.78, 5) is 7.22. The molecule has 1 aliphatic rings. The first kappa shape index (κ1) is 24.5. The van der Waals surface area contributed by atoms with Gasteiger partial charge < -0.3 is 24.8 Å². The van der Waals surface area contributed by atoms with Crippen molar-refractivity contribution in [2.24, 2.45) is 4.99 Å². The van der Waals surface area contributed by atoms with E-state index in [9.17, 15) is 0 Å². The van der Waals surface area contributed by atoms with Gasteiger partial charge in [0.1, 0.15) is 5.76 Å². The molecule has 2 N–H and O–H groups in total. The van der Waals surface area contributed by atoms with Crippen molar-refractivity contribution in [3.8, 4) is 0 Å². The summed E-state index contributed by atoms with van der Waals surface area (Å²) in [7, 11) is 0. The number of nitrogens with zero attached hydrogens (tertiary/aromatic N) is 3. The van der Waals surface area contributed by atoms with E-state index in [0.717, 1.165) is 68.7 Å². The molecule has 0 aliphatic carbocycles. The Morgan fingerprint density at radius 2 is 1.87 bits per heavy atom. The van der Waals surface area contributed by atoms with Gasteiger partial charge in [0.2, 0.25) is 0 Å². The second kappa shape index (κ2) is 12.8. The predicted octanol–water partition coefficient (Wildman–Crippen LogP) is 3.51. The summed E-state index contributed by atoms with van der Waals surface area (Å²) in [5.41, 5.74) is 4.63. The zero-order valence-electron chi connectivity index (χ0n) is 18.2. The van der Waals surface area contributed by atoms with Crippen LogP contribution < -0.4 is 15.5 Å². The lowest BCUT2D eigenvalue weighted by Gasteiger charge is -2.30. The molecule has 0 saturated carbocycles. The molecule has 0 radical (unpaired) electrons. The molecule has 1 aromatic carbocycles. The Kier molecular flexibility index (Phi) is 10.4. The van der Waals surface area contributed by atoms with E-state index in [2.05, 4.69) is 65.7 Å². The monoisotopic (exact) mass is 527 g/mol. The lowest BCUT2D eigenvalue weighted by Crippen LogP contribution is -2.37. The zero-order chi connectivity index (χ0) is 20.5. The van der Waals surface area contributed by atoms with Crippen LogP contribution >= 0.6 is 24.0 Å². The summed E-state index contributed by atoms with van der Waals surface area (Å²) in [6.45, 7) is 11.8. The summed E-state index contributed by atoms with van der Waals surface area (Å²) in [5, 5.41) is 11.0. The van der Waals surface area contributed by atoms with Crippen LogP contribution in [0.15, 0.2) is 33.8 Å². The standard InChI is InChI=1S/C22H33N5O2.HI/c1-4-19-18(21(5-2)29-26-19)16-25-22(23-6-3)24-15-17-9-7-8-10-20(17)27-11-13-28-14-12-27;/h7-10H,4-6,11-16H2,1-3H3,(H2,23,24,25);1H. The second-order valence-electron chi connectivity index (χ2n) is 7.01. The highest BCUT2D eigenvalue weighted by Crippen LogP contribution is 2.22. The molecule has 1 saturated heterocycles. The van der Waals surface area contributed by atoms with E-state index in [1.54, 1.807) is 0 Å². The van der Waals surface area contributed by atoms with Crippen molar-refractivity contribution in [2.45, 2.75) is 46.7 Å². The number of rotatable bonds is 8. The Labute approximate surface area is 196 Å². The van der Waals surface area contributed by atoms with Crippen LogP contribution in [0.25, 0.3) is 0 Å². The topological polar surface area (TPSA) is 74.9 Å². The van der Waals surface area contributed by atoms with Crippen LogP contribution in [0.2, 0.25) is 0 Å². The van der Waals surface area contributed by atoms with Gasteiger partial charge in [0.15, 0.2) is 5.96 Å². The molecule has 2 heterocycles. The first-order chi connectivity index (χ1) is 14.3. The van der Waals surface area contributed by atoms with E-state index in [1.165, 1.54) is 11.3 Å². The van der Waals surface area contributed by atoms with Gasteiger partial charge in [0.25, 0.3) is 0 Å². The van der Waals surface area contributed by atoms with Crippen molar-refractivity contribution in [2.75, 3.05) is 37.7 Å². The van der Waals surface area contributed by atoms with Crippen molar-refractivity contribution in [3.05, 3.63) is 46.8 Å². The van der Waals surface area contributed by atoms with Gasteiger partial charge in [-0.05, 0) is 25.0 Å². The fourth-order valence-corrected chi connectivity index (χ4v) is 3.57. The molecule has 0 amide bonds. The number of aryl methyl sites for hydroxylation is 2. The van der Waals surface area contributed by atoms with Crippen LogP contribution in [0, 0.1) is 0 Å². The smallest absolute Gasteiger partial charge is 0.191 e. The number of guanidine groups is 1. The fourth-order valence-electron chi connectivity index (χ4n) is 3.57. The third kappa shape index (κ3) is 6.34. The number of nitrogens with one attached hydrogen (secondary N) is 2. The highest BCUT2D eigenvalue weighted by molar-refractivity contribution is 14.0. The summed E-state index contributed by atoms with van der Waals surface area (Å²) >= 11 is 0. The van der Waals surface area contributed by atoms with Crippen LogP contribution in [-0.2, 0) is 30.7 Å². The largest absolute Gasteiger partial charge is 0.378 e. The number of para-hydroxylation sites is 1. The van der Waals surface area contributed by atoms with E-state index in [4.69, 9.17) is 14.3 Å².